The largest absolute Gasteiger partial charge is 0.490 e. The molecule has 26 heavy (non-hydrogen) atoms. The number of fused-ring (bicyclic) bond motifs is 1. The predicted molar refractivity (Wildman–Crippen MR) is 106 cm³/mol. The Bertz CT molecular complexity index is 867. The molecule has 0 amide bonds. The number of ether oxygens (including phenoxy) is 1. The van der Waals surface area contributed by atoms with E-state index in [1.54, 1.807) is 0 Å². The monoisotopic (exact) mass is 369 g/mol. The quantitative estimate of drug-likeness (QED) is 0.665. The van der Waals surface area contributed by atoms with Crippen molar-refractivity contribution in [1.29, 1.82) is 0 Å². The predicted octanol–water partition coefficient (Wildman–Crippen LogP) is 5.00. The normalized spacial score (nSPS) is 20.4. The molecule has 0 spiro atoms. The average molecular weight is 370 g/mol. The van der Waals surface area contributed by atoms with E-state index >= 15 is 0 Å². The number of aryl methyl sites for hydroxylation is 1. The first-order valence-electron chi connectivity index (χ1n) is 9.26. The molecule has 0 atom stereocenters. The van der Waals surface area contributed by atoms with Gasteiger partial charge in [0.05, 0.1) is 17.8 Å². The lowest BCUT2D eigenvalue weighted by atomic mass is 9.92. The summed E-state index contributed by atoms with van der Waals surface area (Å²) < 4.78 is 6.30. The average Bonchev–Trinajstić information content (AvgIpc) is 3.14. The summed E-state index contributed by atoms with van der Waals surface area (Å²) in [5, 5.41) is 12.7. The molecule has 1 aliphatic rings. The summed E-state index contributed by atoms with van der Waals surface area (Å²) in [6.45, 7) is 3.00. The van der Waals surface area contributed by atoms with Gasteiger partial charge in [-0.25, -0.2) is 0 Å². The second-order valence-corrected chi connectivity index (χ2v) is 7.56. The van der Waals surface area contributed by atoms with Crippen LogP contribution in [0.3, 0.4) is 0 Å². The minimum atomic E-state index is 0.298. The Morgan fingerprint density at radius 2 is 1.88 bits per heavy atom. The van der Waals surface area contributed by atoms with E-state index in [0.29, 0.717) is 12.1 Å². The number of aromatic nitrogens is 2. The Balaban J connectivity index is 1.29. The smallest absolute Gasteiger partial charge is 0.123 e. The fraction of sp³-hybridized carbons (Fsp3) is 0.381. The molecular formula is C21H24ClN3O. The first-order valence-corrected chi connectivity index (χ1v) is 9.64. The summed E-state index contributed by atoms with van der Waals surface area (Å²) in [5.74, 6) is 0.983. The zero-order chi connectivity index (χ0) is 17.9. The van der Waals surface area contributed by atoms with Gasteiger partial charge in [-0.15, -0.1) is 0 Å². The van der Waals surface area contributed by atoms with Gasteiger partial charge in [0.1, 0.15) is 5.75 Å². The first-order chi connectivity index (χ1) is 12.7. The third kappa shape index (κ3) is 3.87. The summed E-state index contributed by atoms with van der Waals surface area (Å²) in [6, 6.07) is 12.7. The molecule has 4 nitrogen and oxygen atoms in total. The second-order valence-electron chi connectivity index (χ2n) is 7.12. The number of halogens is 1. The summed E-state index contributed by atoms with van der Waals surface area (Å²) in [5.41, 5.74) is 3.50. The van der Waals surface area contributed by atoms with Crippen LogP contribution < -0.4 is 10.1 Å². The molecule has 2 N–H and O–H groups in total. The number of hydrogen-bond acceptors (Lipinski definition) is 3. The lowest BCUT2D eigenvalue weighted by Crippen LogP contribution is -2.36. The van der Waals surface area contributed by atoms with Crippen LogP contribution in [0.4, 0.5) is 0 Å². The van der Waals surface area contributed by atoms with Crippen molar-refractivity contribution in [3.05, 3.63) is 58.7 Å². The Hall–Kier alpha value is -2.04. The molecule has 0 unspecified atom stereocenters. The van der Waals surface area contributed by atoms with Crippen LogP contribution in [0.5, 0.6) is 5.75 Å². The first kappa shape index (κ1) is 17.4. The molecule has 1 fully saturated rings. The van der Waals surface area contributed by atoms with Crippen LogP contribution in [0.2, 0.25) is 5.02 Å². The van der Waals surface area contributed by atoms with Crippen LogP contribution in [0.1, 0.15) is 36.8 Å². The fourth-order valence-electron chi connectivity index (χ4n) is 3.70. The zero-order valence-electron chi connectivity index (χ0n) is 15.0. The highest BCUT2D eigenvalue weighted by Gasteiger charge is 2.22. The minimum absolute atomic E-state index is 0.298. The molecule has 1 aromatic heterocycles. The maximum absolute atomic E-state index is 6.30. The van der Waals surface area contributed by atoms with Crippen molar-refractivity contribution in [1.82, 2.24) is 15.5 Å². The van der Waals surface area contributed by atoms with Crippen molar-refractivity contribution >= 4 is 22.5 Å². The molecule has 1 heterocycles. The second kappa shape index (κ2) is 7.68. The number of benzene rings is 2. The molecule has 4 rings (SSSR count). The molecular weight excluding hydrogens is 346 g/mol. The molecule has 2 aromatic carbocycles. The molecule has 0 bridgehead atoms. The lowest BCUT2D eigenvalue weighted by molar-refractivity contribution is 0.138. The summed E-state index contributed by atoms with van der Waals surface area (Å²) in [6.07, 6.45) is 6.63. The maximum Gasteiger partial charge on any atom is 0.123 e. The summed E-state index contributed by atoms with van der Waals surface area (Å²) in [4.78, 5) is 0. The number of H-pyrrole nitrogens is 1. The highest BCUT2D eigenvalue weighted by atomic mass is 35.5. The molecule has 136 valence electrons. The fourth-order valence-corrected chi connectivity index (χ4v) is 3.82. The van der Waals surface area contributed by atoms with Crippen LogP contribution in [0.25, 0.3) is 10.9 Å². The van der Waals surface area contributed by atoms with Crippen molar-refractivity contribution in [3.8, 4) is 5.75 Å². The lowest BCUT2D eigenvalue weighted by Gasteiger charge is -2.30. The van der Waals surface area contributed by atoms with E-state index in [2.05, 4.69) is 40.6 Å². The van der Waals surface area contributed by atoms with Gasteiger partial charge in [0.25, 0.3) is 0 Å². The van der Waals surface area contributed by atoms with Gasteiger partial charge in [-0.2, -0.15) is 5.10 Å². The van der Waals surface area contributed by atoms with Crippen molar-refractivity contribution in [3.63, 3.8) is 0 Å². The number of nitrogens with one attached hydrogen (secondary N) is 2. The summed E-state index contributed by atoms with van der Waals surface area (Å²) >= 11 is 5.94. The van der Waals surface area contributed by atoms with Crippen LogP contribution in [0.15, 0.2) is 42.6 Å². The molecule has 3 aromatic rings. The van der Waals surface area contributed by atoms with E-state index in [1.807, 2.05) is 24.4 Å². The van der Waals surface area contributed by atoms with Gasteiger partial charge in [-0.05, 0) is 62.4 Å². The Morgan fingerprint density at radius 3 is 2.65 bits per heavy atom. The van der Waals surface area contributed by atoms with Gasteiger partial charge >= 0.3 is 0 Å². The summed E-state index contributed by atoms with van der Waals surface area (Å²) in [7, 11) is 0. The van der Waals surface area contributed by atoms with Gasteiger partial charge in [-0.3, -0.25) is 5.10 Å². The standard InChI is InChI=1S/C21H24ClN3O/c1-14-19-13-24-25-20(19)10-11-21(14)26-18-8-6-17(7-9-18)23-12-15-2-4-16(22)5-3-15/h2-5,10-11,13,17-18,23H,6-9,12H2,1H3,(H,24,25)/t17-,18+. The van der Waals surface area contributed by atoms with E-state index < -0.39 is 0 Å². The van der Waals surface area contributed by atoms with Crippen molar-refractivity contribution < 1.29 is 4.74 Å². The van der Waals surface area contributed by atoms with E-state index in [0.717, 1.165) is 53.9 Å². The van der Waals surface area contributed by atoms with Crippen molar-refractivity contribution in [2.24, 2.45) is 0 Å². The number of aromatic amines is 1. The highest BCUT2D eigenvalue weighted by molar-refractivity contribution is 6.30. The number of nitrogens with zero attached hydrogens (tertiary/aromatic N) is 1. The van der Waals surface area contributed by atoms with E-state index in [9.17, 15) is 0 Å². The van der Waals surface area contributed by atoms with Gasteiger partial charge in [-0.1, -0.05) is 23.7 Å². The topological polar surface area (TPSA) is 49.9 Å². The number of rotatable bonds is 5. The Labute approximate surface area is 158 Å². The van der Waals surface area contributed by atoms with Gasteiger partial charge in [0.15, 0.2) is 0 Å². The van der Waals surface area contributed by atoms with Crippen LogP contribution in [-0.2, 0) is 6.54 Å². The van der Waals surface area contributed by atoms with Crippen LogP contribution in [0, 0.1) is 6.92 Å². The SMILES string of the molecule is Cc1c(O[C@H]2CC[C@@H](NCc3ccc(Cl)cc3)CC2)ccc2[nH]ncc12. The third-order valence-corrected chi connectivity index (χ3v) is 5.57. The molecule has 0 aliphatic heterocycles. The van der Waals surface area contributed by atoms with Crippen LogP contribution in [-0.4, -0.2) is 22.3 Å². The Kier molecular flexibility index (Phi) is 5.14. The van der Waals surface area contributed by atoms with Crippen molar-refractivity contribution in [2.45, 2.75) is 51.3 Å². The minimum Gasteiger partial charge on any atom is -0.490 e. The molecule has 0 radical (unpaired) electrons. The molecule has 5 heteroatoms. The van der Waals surface area contributed by atoms with Crippen molar-refractivity contribution in [2.75, 3.05) is 0 Å². The highest BCUT2D eigenvalue weighted by Crippen LogP contribution is 2.30. The van der Waals surface area contributed by atoms with Gasteiger partial charge in [0.2, 0.25) is 0 Å². The third-order valence-electron chi connectivity index (χ3n) is 5.32. The van der Waals surface area contributed by atoms with Gasteiger partial charge < -0.3 is 10.1 Å². The Morgan fingerprint density at radius 1 is 1.12 bits per heavy atom. The molecule has 1 aliphatic carbocycles. The van der Waals surface area contributed by atoms with E-state index in [1.165, 1.54) is 11.1 Å². The van der Waals surface area contributed by atoms with E-state index in [-0.39, 0.29) is 0 Å². The van der Waals surface area contributed by atoms with E-state index in [4.69, 9.17) is 16.3 Å². The zero-order valence-corrected chi connectivity index (χ0v) is 15.7. The molecule has 1 saturated carbocycles. The van der Waals surface area contributed by atoms with Crippen LogP contribution >= 0.6 is 11.6 Å². The molecule has 0 saturated heterocycles. The van der Waals surface area contributed by atoms with Gasteiger partial charge in [0, 0.05) is 28.6 Å². The number of hydrogen-bond donors (Lipinski definition) is 2. The maximum atomic E-state index is 6.30.